The molecule has 0 amide bonds. The molecular weight excluding hydrogens is 200 g/mol. The van der Waals surface area contributed by atoms with E-state index in [2.05, 4.69) is 25.1 Å². The molecule has 3 N–H and O–H groups in total. The summed E-state index contributed by atoms with van der Waals surface area (Å²) in [5.74, 6) is 0.838. The third-order valence-corrected chi connectivity index (χ3v) is 2.67. The fraction of sp³-hybridized carbons (Fsp3) is 0.231. The molecule has 0 fully saturated rings. The zero-order valence-corrected chi connectivity index (χ0v) is 10.1. The molecule has 0 unspecified atom stereocenters. The van der Waals surface area contributed by atoms with E-state index < -0.39 is 0 Å². The standard InChI is InChI=1S/C11H14N2O.C2H4/c1-6-7(2)13-11-9(14-3)5-4-8(12)10(6)11;1-2/h4-5,13H,12H2,1-3H3;1-2H2. The van der Waals surface area contributed by atoms with E-state index in [0.717, 1.165) is 28.0 Å². The maximum atomic E-state index is 5.92. The van der Waals surface area contributed by atoms with Crippen LogP contribution < -0.4 is 10.5 Å². The van der Waals surface area contributed by atoms with Gasteiger partial charge < -0.3 is 15.5 Å². The van der Waals surface area contributed by atoms with Crippen molar-refractivity contribution in [1.82, 2.24) is 4.98 Å². The summed E-state index contributed by atoms with van der Waals surface area (Å²) in [4.78, 5) is 3.28. The number of ether oxygens (including phenoxy) is 1. The van der Waals surface area contributed by atoms with E-state index in [1.165, 1.54) is 5.56 Å². The highest BCUT2D eigenvalue weighted by molar-refractivity contribution is 5.98. The first-order valence-corrected chi connectivity index (χ1v) is 5.06. The molecule has 2 rings (SSSR count). The second-order valence-corrected chi connectivity index (χ2v) is 3.48. The lowest BCUT2D eigenvalue weighted by Crippen LogP contribution is -1.89. The number of H-pyrrole nitrogens is 1. The van der Waals surface area contributed by atoms with Gasteiger partial charge in [0, 0.05) is 16.8 Å². The Morgan fingerprint density at radius 2 is 1.88 bits per heavy atom. The Morgan fingerprint density at radius 1 is 1.25 bits per heavy atom. The van der Waals surface area contributed by atoms with E-state index in [-0.39, 0.29) is 0 Å². The molecule has 2 aromatic rings. The highest BCUT2D eigenvalue weighted by Gasteiger charge is 2.10. The molecular formula is C13H18N2O. The highest BCUT2D eigenvalue weighted by Crippen LogP contribution is 2.33. The van der Waals surface area contributed by atoms with Crippen molar-refractivity contribution in [2.75, 3.05) is 12.8 Å². The molecule has 3 heteroatoms. The van der Waals surface area contributed by atoms with Crippen LogP contribution >= 0.6 is 0 Å². The molecule has 1 aromatic heterocycles. The first-order chi connectivity index (χ1) is 7.65. The van der Waals surface area contributed by atoms with Crippen LogP contribution in [0.25, 0.3) is 10.9 Å². The Labute approximate surface area is 95.9 Å². The van der Waals surface area contributed by atoms with E-state index in [1.54, 1.807) is 7.11 Å². The summed E-state index contributed by atoms with van der Waals surface area (Å²) in [5.41, 5.74) is 10.0. The summed E-state index contributed by atoms with van der Waals surface area (Å²) >= 11 is 0. The Bertz CT molecular complexity index is 500. The molecule has 0 aliphatic carbocycles. The first kappa shape index (κ1) is 12.2. The molecule has 0 aliphatic heterocycles. The normalized spacial score (nSPS) is 9.69. The van der Waals surface area contributed by atoms with Gasteiger partial charge in [-0.25, -0.2) is 0 Å². The lowest BCUT2D eigenvalue weighted by Gasteiger charge is -2.03. The third kappa shape index (κ3) is 1.76. The molecule has 0 radical (unpaired) electrons. The zero-order chi connectivity index (χ0) is 12.3. The van der Waals surface area contributed by atoms with E-state index >= 15 is 0 Å². The Morgan fingerprint density at radius 3 is 2.44 bits per heavy atom. The predicted octanol–water partition coefficient (Wildman–Crippen LogP) is 3.18. The van der Waals surface area contributed by atoms with Crippen molar-refractivity contribution in [1.29, 1.82) is 0 Å². The molecule has 0 saturated heterocycles. The average molecular weight is 218 g/mol. The molecule has 0 atom stereocenters. The minimum atomic E-state index is 0.794. The number of aromatic nitrogens is 1. The van der Waals surface area contributed by atoms with Gasteiger partial charge in [0.1, 0.15) is 5.75 Å². The minimum absolute atomic E-state index is 0.794. The average Bonchev–Trinajstić information content (AvgIpc) is 2.60. The van der Waals surface area contributed by atoms with Gasteiger partial charge in [0.2, 0.25) is 0 Å². The monoisotopic (exact) mass is 218 g/mol. The second kappa shape index (κ2) is 4.75. The molecule has 0 spiro atoms. The number of nitrogens with one attached hydrogen (secondary N) is 1. The molecule has 0 saturated carbocycles. The van der Waals surface area contributed by atoms with Gasteiger partial charge in [0.25, 0.3) is 0 Å². The number of methoxy groups -OCH3 is 1. The fourth-order valence-corrected chi connectivity index (χ4v) is 1.77. The van der Waals surface area contributed by atoms with E-state index in [1.807, 2.05) is 19.1 Å². The number of fused-ring (bicyclic) bond motifs is 1. The highest BCUT2D eigenvalue weighted by atomic mass is 16.5. The number of hydrogen-bond acceptors (Lipinski definition) is 2. The van der Waals surface area contributed by atoms with Gasteiger partial charge in [0.15, 0.2) is 0 Å². The predicted molar refractivity (Wildman–Crippen MR) is 70.0 cm³/mol. The van der Waals surface area contributed by atoms with Gasteiger partial charge in [-0.3, -0.25) is 0 Å². The van der Waals surface area contributed by atoms with Crippen molar-refractivity contribution >= 4 is 16.6 Å². The summed E-state index contributed by atoms with van der Waals surface area (Å²) < 4.78 is 5.26. The van der Waals surface area contributed by atoms with Crippen LogP contribution in [-0.4, -0.2) is 12.1 Å². The number of nitrogens with two attached hydrogens (primary N) is 1. The molecule has 0 bridgehead atoms. The van der Waals surface area contributed by atoms with Gasteiger partial charge in [-0.05, 0) is 31.5 Å². The van der Waals surface area contributed by atoms with Gasteiger partial charge in [-0.1, -0.05) is 0 Å². The summed E-state index contributed by atoms with van der Waals surface area (Å²) in [6, 6.07) is 3.76. The van der Waals surface area contributed by atoms with E-state index in [0.29, 0.717) is 0 Å². The van der Waals surface area contributed by atoms with Crippen molar-refractivity contribution in [2.24, 2.45) is 0 Å². The topological polar surface area (TPSA) is 51.0 Å². The fourth-order valence-electron chi connectivity index (χ4n) is 1.77. The lowest BCUT2D eigenvalue weighted by molar-refractivity contribution is 0.419. The van der Waals surface area contributed by atoms with Crippen LogP contribution in [0.3, 0.4) is 0 Å². The van der Waals surface area contributed by atoms with Crippen LogP contribution in [-0.2, 0) is 0 Å². The molecule has 1 aromatic carbocycles. The van der Waals surface area contributed by atoms with Crippen molar-refractivity contribution in [3.05, 3.63) is 36.5 Å². The zero-order valence-electron chi connectivity index (χ0n) is 10.1. The molecule has 1 heterocycles. The summed E-state index contributed by atoms with van der Waals surface area (Å²) in [7, 11) is 1.66. The Hall–Kier alpha value is -1.90. The van der Waals surface area contributed by atoms with Crippen LogP contribution in [0.15, 0.2) is 25.3 Å². The third-order valence-electron chi connectivity index (χ3n) is 2.67. The number of nitrogen functional groups attached to an aromatic ring is 1. The van der Waals surface area contributed by atoms with E-state index in [4.69, 9.17) is 10.5 Å². The number of rotatable bonds is 1. The Kier molecular flexibility index (Phi) is 3.61. The summed E-state index contributed by atoms with van der Waals surface area (Å²) in [6.45, 7) is 10.1. The number of aryl methyl sites for hydroxylation is 2. The Balaban J connectivity index is 0.000000606. The second-order valence-electron chi connectivity index (χ2n) is 3.48. The van der Waals surface area contributed by atoms with E-state index in [9.17, 15) is 0 Å². The molecule has 3 nitrogen and oxygen atoms in total. The summed E-state index contributed by atoms with van der Waals surface area (Å²) in [6.07, 6.45) is 0. The van der Waals surface area contributed by atoms with Gasteiger partial charge >= 0.3 is 0 Å². The van der Waals surface area contributed by atoms with Gasteiger partial charge in [0.05, 0.1) is 12.6 Å². The summed E-state index contributed by atoms with van der Waals surface area (Å²) in [5, 5.41) is 1.07. The van der Waals surface area contributed by atoms with Crippen LogP contribution in [0, 0.1) is 13.8 Å². The largest absolute Gasteiger partial charge is 0.495 e. The maximum Gasteiger partial charge on any atom is 0.143 e. The van der Waals surface area contributed by atoms with Crippen molar-refractivity contribution in [3.8, 4) is 5.75 Å². The van der Waals surface area contributed by atoms with Crippen LogP contribution in [0.5, 0.6) is 5.75 Å². The molecule has 16 heavy (non-hydrogen) atoms. The van der Waals surface area contributed by atoms with Crippen molar-refractivity contribution in [2.45, 2.75) is 13.8 Å². The van der Waals surface area contributed by atoms with Crippen molar-refractivity contribution in [3.63, 3.8) is 0 Å². The molecule has 86 valence electrons. The van der Waals surface area contributed by atoms with Gasteiger partial charge in [-0.2, -0.15) is 0 Å². The first-order valence-electron chi connectivity index (χ1n) is 5.06. The number of anilines is 1. The SMILES string of the molecule is C=C.COc1ccc(N)c2c(C)c(C)[nH]c12. The number of aromatic amines is 1. The smallest absolute Gasteiger partial charge is 0.143 e. The minimum Gasteiger partial charge on any atom is -0.495 e. The lowest BCUT2D eigenvalue weighted by atomic mass is 10.1. The van der Waals surface area contributed by atoms with Crippen LogP contribution in [0.2, 0.25) is 0 Å². The molecule has 0 aliphatic rings. The van der Waals surface area contributed by atoms with Crippen LogP contribution in [0.1, 0.15) is 11.3 Å². The maximum absolute atomic E-state index is 5.92. The van der Waals surface area contributed by atoms with Crippen LogP contribution in [0.4, 0.5) is 5.69 Å². The number of hydrogen-bond donors (Lipinski definition) is 2. The van der Waals surface area contributed by atoms with Crippen molar-refractivity contribution < 1.29 is 4.74 Å². The number of benzene rings is 1. The quantitative estimate of drug-likeness (QED) is 0.570. The van der Waals surface area contributed by atoms with Gasteiger partial charge in [-0.15, -0.1) is 13.2 Å².